The molecule has 6 nitrogen and oxygen atoms in total. The summed E-state index contributed by atoms with van der Waals surface area (Å²) in [5.74, 6) is 1.28. The van der Waals surface area contributed by atoms with Gasteiger partial charge in [-0.2, -0.15) is 0 Å². The Kier molecular flexibility index (Phi) is 7.04. The van der Waals surface area contributed by atoms with Crippen LogP contribution in [0, 0.1) is 17.7 Å². The SMILES string of the molecule is COc1ccc([C@H](c2ccc(F)cc2)C2CCN(C(=O)N3CC[C@@H]4OCC(=O)C[C@@H]4C3)CC2)cc1. The van der Waals surface area contributed by atoms with Gasteiger partial charge in [-0.15, -0.1) is 0 Å². The Bertz CT molecular complexity index is 1030. The van der Waals surface area contributed by atoms with Gasteiger partial charge >= 0.3 is 6.03 Å². The van der Waals surface area contributed by atoms with Gasteiger partial charge in [0.2, 0.25) is 0 Å². The molecule has 0 bridgehead atoms. The third kappa shape index (κ3) is 5.20. The molecule has 3 aliphatic heterocycles. The molecule has 0 saturated carbocycles. The minimum Gasteiger partial charge on any atom is -0.497 e. The lowest BCUT2D eigenvalue weighted by atomic mass is 9.76. The fourth-order valence-electron chi connectivity index (χ4n) is 5.99. The van der Waals surface area contributed by atoms with Crippen LogP contribution in [0.4, 0.5) is 9.18 Å². The molecule has 5 rings (SSSR count). The first-order valence-corrected chi connectivity index (χ1v) is 12.6. The van der Waals surface area contributed by atoms with E-state index in [1.165, 1.54) is 17.7 Å². The number of ether oxygens (including phenoxy) is 2. The van der Waals surface area contributed by atoms with Gasteiger partial charge in [0.25, 0.3) is 0 Å². The Balaban J connectivity index is 1.26. The van der Waals surface area contributed by atoms with Crippen molar-refractivity contribution in [3.05, 3.63) is 65.5 Å². The molecule has 0 aliphatic carbocycles. The summed E-state index contributed by atoms with van der Waals surface area (Å²) in [7, 11) is 1.65. The van der Waals surface area contributed by atoms with E-state index in [-0.39, 0.29) is 42.2 Å². The van der Waals surface area contributed by atoms with Crippen molar-refractivity contribution < 1.29 is 23.5 Å². The summed E-state index contributed by atoms with van der Waals surface area (Å²) in [5.41, 5.74) is 2.26. The van der Waals surface area contributed by atoms with Crippen LogP contribution in [0.5, 0.6) is 5.75 Å². The van der Waals surface area contributed by atoms with Crippen molar-refractivity contribution in [3.8, 4) is 5.75 Å². The summed E-state index contributed by atoms with van der Waals surface area (Å²) in [5, 5.41) is 0. The average Bonchev–Trinajstić information content (AvgIpc) is 2.90. The lowest BCUT2D eigenvalue weighted by Gasteiger charge is -2.43. The number of likely N-dealkylation sites (tertiary alicyclic amines) is 2. The lowest BCUT2D eigenvalue weighted by molar-refractivity contribution is -0.140. The van der Waals surface area contributed by atoms with Crippen LogP contribution in [0.25, 0.3) is 0 Å². The summed E-state index contributed by atoms with van der Waals surface area (Å²) >= 11 is 0. The second-order valence-corrected chi connectivity index (χ2v) is 10.00. The predicted molar refractivity (Wildman–Crippen MR) is 130 cm³/mol. The third-order valence-electron chi connectivity index (χ3n) is 7.87. The first-order chi connectivity index (χ1) is 17.0. The Morgan fingerprint density at radius 2 is 1.60 bits per heavy atom. The average molecular weight is 481 g/mol. The summed E-state index contributed by atoms with van der Waals surface area (Å²) in [6.07, 6.45) is 3.16. The molecule has 2 amide bonds. The zero-order valence-corrected chi connectivity index (χ0v) is 20.2. The molecule has 0 spiro atoms. The number of hydrogen-bond acceptors (Lipinski definition) is 4. The monoisotopic (exact) mass is 480 g/mol. The number of amides is 2. The molecular weight excluding hydrogens is 447 g/mol. The molecule has 0 aromatic heterocycles. The number of carbonyl (C=O) groups is 2. The van der Waals surface area contributed by atoms with Crippen molar-refractivity contribution in [1.29, 1.82) is 0 Å². The topological polar surface area (TPSA) is 59.1 Å². The van der Waals surface area contributed by atoms with E-state index in [0.717, 1.165) is 30.6 Å². The number of benzene rings is 2. The minimum atomic E-state index is -0.239. The number of piperidine rings is 2. The van der Waals surface area contributed by atoms with Gasteiger partial charge in [-0.3, -0.25) is 4.79 Å². The molecule has 3 atom stereocenters. The zero-order chi connectivity index (χ0) is 24.4. The van der Waals surface area contributed by atoms with Crippen molar-refractivity contribution in [3.63, 3.8) is 0 Å². The van der Waals surface area contributed by atoms with Gasteiger partial charge in [-0.25, -0.2) is 9.18 Å². The molecule has 2 aromatic carbocycles. The van der Waals surface area contributed by atoms with Crippen LogP contribution in [-0.4, -0.2) is 67.6 Å². The number of hydrogen-bond donors (Lipinski definition) is 0. The normalized spacial score (nSPS) is 24.1. The smallest absolute Gasteiger partial charge is 0.320 e. The molecule has 3 saturated heterocycles. The van der Waals surface area contributed by atoms with Crippen LogP contribution >= 0.6 is 0 Å². The van der Waals surface area contributed by atoms with Crippen molar-refractivity contribution in [2.24, 2.45) is 11.8 Å². The van der Waals surface area contributed by atoms with Crippen molar-refractivity contribution in [1.82, 2.24) is 9.80 Å². The molecule has 3 heterocycles. The number of carbonyl (C=O) groups excluding carboxylic acids is 2. The fraction of sp³-hybridized carbons (Fsp3) is 0.500. The highest BCUT2D eigenvalue weighted by atomic mass is 19.1. The van der Waals surface area contributed by atoms with Crippen LogP contribution < -0.4 is 4.74 Å². The Morgan fingerprint density at radius 3 is 2.26 bits per heavy atom. The van der Waals surface area contributed by atoms with Crippen LogP contribution in [-0.2, 0) is 9.53 Å². The zero-order valence-electron chi connectivity index (χ0n) is 20.2. The van der Waals surface area contributed by atoms with Gasteiger partial charge in [0.1, 0.15) is 18.2 Å². The molecule has 3 fully saturated rings. The number of halogens is 1. The van der Waals surface area contributed by atoms with Gasteiger partial charge in [0.05, 0.1) is 13.2 Å². The maximum absolute atomic E-state index is 13.6. The highest BCUT2D eigenvalue weighted by molar-refractivity contribution is 5.81. The lowest BCUT2D eigenvalue weighted by Crippen LogP contribution is -2.54. The fourth-order valence-corrected chi connectivity index (χ4v) is 5.99. The molecule has 3 aliphatic rings. The number of fused-ring (bicyclic) bond motifs is 1. The molecule has 0 N–H and O–H groups in total. The van der Waals surface area contributed by atoms with Crippen LogP contribution in [0.15, 0.2) is 48.5 Å². The summed E-state index contributed by atoms with van der Waals surface area (Å²) in [6, 6.07) is 15.0. The molecule has 0 radical (unpaired) electrons. The Hall–Kier alpha value is -2.93. The second kappa shape index (κ2) is 10.4. The number of ketones is 1. The third-order valence-corrected chi connectivity index (χ3v) is 7.87. The largest absolute Gasteiger partial charge is 0.497 e. The van der Waals surface area contributed by atoms with E-state index in [1.807, 2.05) is 34.1 Å². The molecule has 186 valence electrons. The predicted octanol–water partition coefficient (Wildman–Crippen LogP) is 4.48. The van der Waals surface area contributed by atoms with Crippen LogP contribution in [0.1, 0.15) is 42.7 Å². The molecule has 2 aromatic rings. The molecule has 35 heavy (non-hydrogen) atoms. The number of Topliss-reactive ketones (excluding diaryl/α,β-unsaturated/α-hetero) is 1. The van der Waals surface area contributed by atoms with E-state index in [2.05, 4.69) is 12.1 Å². The standard InChI is InChI=1S/C28H33FN2O4/c1-34-25-8-4-20(5-9-25)27(19-2-6-23(29)7-3-19)21-10-13-30(14-11-21)28(33)31-15-12-26-22(17-31)16-24(32)18-35-26/h2-9,21-22,26-27H,10-18H2,1H3/t22-,26+,27+/m1/s1. The number of urea groups is 1. The van der Waals surface area contributed by atoms with Gasteiger partial charge < -0.3 is 19.3 Å². The quantitative estimate of drug-likeness (QED) is 0.648. The van der Waals surface area contributed by atoms with Crippen molar-refractivity contribution in [2.75, 3.05) is 39.9 Å². The van der Waals surface area contributed by atoms with E-state index < -0.39 is 0 Å². The first-order valence-electron chi connectivity index (χ1n) is 12.6. The second-order valence-electron chi connectivity index (χ2n) is 10.00. The highest BCUT2D eigenvalue weighted by Crippen LogP contribution is 2.39. The molecule has 7 heteroatoms. The first kappa shape index (κ1) is 23.8. The number of rotatable bonds is 4. The maximum atomic E-state index is 13.6. The Labute approximate surface area is 206 Å². The van der Waals surface area contributed by atoms with Crippen molar-refractivity contribution in [2.45, 2.75) is 37.7 Å². The molecular formula is C28H33FN2O4. The number of nitrogens with zero attached hydrogens (tertiary/aromatic N) is 2. The summed E-state index contributed by atoms with van der Waals surface area (Å²) in [6.45, 7) is 2.87. The Morgan fingerprint density at radius 1 is 0.971 bits per heavy atom. The van der Waals surface area contributed by atoms with E-state index in [0.29, 0.717) is 38.5 Å². The summed E-state index contributed by atoms with van der Waals surface area (Å²) in [4.78, 5) is 29.0. The van der Waals surface area contributed by atoms with Gasteiger partial charge in [-0.1, -0.05) is 24.3 Å². The van der Waals surface area contributed by atoms with Crippen molar-refractivity contribution >= 4 is 11.8 Å². The highest BCUT2D eigenvalue weighted by Gasteiger charge is 2.39. The van der Waals surface area contributed by atoms with E-state index in [4.69, 9.17) is 9.47 Å². The van der Waals surface area contributed by atoms with Gasteiger partial charge in [0.15, 0.2) is 5.78 Å². The minimum absolute atomic E-state index is 0.0719. The summed E-state index contributed by atoms with van der Waals surface area (Å²) < 4.78 is 24.7. The van der Waals surface area contributed by atoms with E-state index >= 15 is 0 Å². The maximum Gasteiger partial charge on any atom is 0.320 e. The van der Waals surface area contributed by atoms with E-state index in [9.17, 15) is 14.0 Å². The van der Waals surface area contributed by atoms with E-state index in [1.54, 1.807) is 7.11 Å². The van der Waals surface area contributed by atoms with Gasteiger partial charge in [0, 0.05) is 44.4 Å². The van der Waals surface area contributed by atoms with Crippen LogP contribution in [0.2, 0.25) is 0 Å². The number of methoxy groups -OCH3 is 1. The van der Waals surface area contributed by atoms with Crippen LogP contribution in [0.3, 0.4) is 0 Å². The van der Waals surface area contributed by atoms with Gasteiger partial charge in [-0.05, 0) is 60.6 Å². The molecule has 0 unspecified atom stereocenters.